The van der Waals surface area contributed by atoms with Crippen LogP contribution in [0.1, 0.15) is 27.2 Å². The number of nitrogens with zero attached hydrogens (tertiary/aromatic N) is 1. The topological polar surface area (TPSA) is 96.3 Å². The zero-order chi connectivity index (χ0) is 18.4. The maximum Gasteiger partial charge on any atom is 0.338 e. The Labute approximate surface area is 146 Å². The number of carbonyl (C=O) groups is 2. The standard InChI is InChI=1S/C18H25NO6/c1-4-11-7-10(2)18(3,23)17(22)24-9-12-5-6-19-8-13(20)15(14(12)19)25-16(11)21/h4-5,10,13-15,20,23H,6-9H2,1-3H3/b11-4+/t10-,13-,14-,15-,18-/m1/s1. The summed E-state index contributed by atoms with van der Waals surface area (Å²) in [5.74, 6) is -1.76. The van der Waals surface area contributed by atoms with Gasteiger partial charge in [-0.2, -0.15) is 0 Å². The molecule has 3 aliphatic heterocycles. The van der Waals surface area contributed by atoms with Gasteiger partial charge in [0.05, 0.1) is 6.04 Å². The van der Waals surface area contributed by atoms with Gasteiger partial charge in [0.15, 0.2) is 5.60 Å². The summed E-state index contributed by atoms with van der Waals surface area (Å²) in [4.78, 5) is 26.9. The number of allylic oxidation sites excluding steroid dienone is 1. The molecule has 2 N–H and O–H groups in total. The lowest BCUT2D eigenvalue weighted by molar-refractivity contribution is -0.169. The molecule has 0 radical (unpaired) electrons. The van der Waals surface area contributed by atoms with Gasteiger partial charge in [-0.25, -0.2) is 9.59 Å². The van der Waals surface area contributed by atoms with Gasteiger partial charge in [-0.1, -0.05) is 19.1 Å². The van der Waals surface area contributed by atoms with Gasteiger partial charge < -0.3 is 19.7 Å². The van der Waals surface area contributed by atoms with Gasteiger partial charge in [-0.15, -0.1) is 0 Å². The highest BCUT2D eigenvalue weighted by Crippen LogP contribution is 2.34. The van der Waals surface area contributed by atoms with Gasteiger partial charge in [0.2, 0.25) is 0 Å². The molecule has 0 spiro atoms. The van der Waals surface area contributed by atoms with Crippen LogP contribution < -0.4 is 0 Å². The molecule has 0 aromatic heterocycles. The average molecular weight is 351 g/mol. The van der Waals surface area contributed by atoms with E-state index in [0.717, 1.165) is 5.57 Å². The second kappa shape index (κ2) is 6.55. The summed E-state index contributed by atoms with van der Waals surface area (Å²) in [6.07, 6.45) is 2.25. The van der Waals surface area contributed by atoms with Gasteiger partial charge >= 0.3 is 11.9 Å². The van der Waals surface area contributed by atoms with E-state index in [1.165, 1.54) is 6.92 Å². The number of hydrogen-bond donors (Lipinski definition) is 2. The number of rotatable bonds is 0. The summed E-state index contributed by atoms with van der Waals surface area (Å²) < 4.78 is 11.0. The quantitative estimate of drug-likeness (QED) is 0.365. The first-order chi connectivity index (χ1) is 11.8. The number of hydrogen-bond acceptors (Lipinski definition) is 7. The first kappa shape index (κ1) is 18.1. The molecule has 7 nitrogen and oxygen atoms in total. The SMILES string of the molecule is C/C=C1\C[C@@H](C)[C@@](C)(O)C(=O)OCC2=CCN3C[C@@H](O)[C@@H](OC1=O)[C@@H]23. The minimum absolute atomic E-state index is 0.0140. The normalized spacial score (nSPS) is 41.5. The lowest BCUT2D eigenvalue weighted by Gasteiger charge is -2.31. The van der Waals surface area contributed by atoms with Gasteiger partial charge in [0.25, 0.3) is 0 Å². The molecule has 138 valence electrons. The predicted molar refractivity (Wildman–Crippen MR) is 88.5 cm³/mol. The van der Waals surface area contributed by atoms with Crippen molar-refractivity contribution in [1.82, 2.24) is 4.90 Å². The van der Waals surface area contributed by atoms with Crippen LogP contribution in [-0.2, 0) is 19.1 Å². The molecule has 0 aliphatic carbocycles. The van der Waals surface area contributed by atoms with Crippen molar-refractivity contribution in [3.8, 4) is 0 Å². The largest absolute Gasteiger partial charge is 0.459 e. The van der Waals surface area contributed by atoms with Crippen molar-refractivity contribution in [1.29, 1.82) is 0 Å². The number of cyclic esters (lactones) is 1. The summed E-state index contributed by atoms with van der Waals surface area (Å²) in [6, 6.07) is -0.299. The van der Waals surface area contributed by atoms with E-state index in [-0.39, 0.29) is 19.1 Å². The van der Waals surface area contributed by atoms with Crippen LogP contribution in [0.2, 0.25) is 0 Å². The Hall–Kier alpha value is -1.70. The number of ether oxygens (including phenoxy) is 2. The van der Waals surface area contributed by atoms with Crippen molar-refractivity contribution >= 4 is 11.9 Å². The summed E-state index contributed by atoms with van der Waals surface area (Å²) in [7, 11) is 0. The third-order valence-electron chi connectivity index (χ3n) is 5.60. The van der Waals surface area contributed by atoms with Crippen molar-refractivity contribution in [2.75, 3.05) is 19.7 Å². The molecule has 5 atom stereocenters. The summed E-state index contributed by atoms with van der Waals surface area (Å²) >= 11 is 0. The molecule has 7 heteroatoms. The fourth-order valence-corrected chi connectivity index (χ4v) is 3.70. The molecule has 3 aliphatic rings. The van der Waals surface area contributed by atoms with E-state index < -0.39 is 35.7 Å². The fraction of sp³-hybridized carbons (Fsp3) is 0.667. The summed E-state index contributed by atoms with van der Waals surface area (Å²) in [5.41, 5.74) is -0.551. The predicted octanol–water partition coefficient (Wildman–Crippen LogP) is 0.164. The van der Waals surface area contributed by atoms with E-state index >= 15 is 0 Å². The van der Waals surface area contributed by atoms with E-state index in [2.05, 4.69) is 0 Å². The Bertz CT molecular complexity index is 637. The van der Waals surface area contributed by atoms with Gasteiger partial charge in [0, 0.05) is 18.7 Å². The van der Waals surface area contributed by atoms with Gasteiger partial charge in [0.1, 0.15) is 18.8 Å². The molecule has 0 bridgehead atoms. The molecule has 0 unspecified atom stereocenters. The zero-order valence-corrected chi connectivity index (χ0v) is 14.8. The average Bonchev–Trinajstić information content (AvgIpc) is 3.08. The molecular weight excluding hydrogens is 326 g/mol. The Morgan fingerprint density at radius 3 is 2.80 bits per heavy atom. The van der Waals surface area contributed by atoms with E-state index in [0.29, 0.717) is 18.7 Å². The molecule has 25 heavy (non-hydrogen) atoms. The zero-order valence-electron chi connectivity index (χ0n) is 14.8. The summed E-state index contributed by atoms with van der Waals surface area (Å²) in [6.45, 7) is 5.82. The Balaban J connectivity index is 1.94. The number of carbonyl (C=O) groups excluding carboxylic acids is 2. The molecule has 0 amide bonds. The Kier molecular flexibility index (Phi) is 4.74. The van der Waals surface area contributed by atoms with Crippen LogP contribution in [0, 0.1) is 5.92 Å². The van der Waals surface area contributed by atoms with Crippen LogP contribution >= 0.6 is 0 Å². The number of aliphatic hydroxyl groups excluding tert-OH is 1. The maximum absolute atomic E-state index is 12.6. The third-order valence-corrected chi connectivity index (χ3v) is 5.60. The van der Waals surface area contributed by atoms with Crippen molar-refractivity contribution < 1.29 is 29.3 Å². The highest BCUT2D eigenvalue weighted by molar-refractivity contribution is 5.89. The second-order valence-corrected chi connectivity index (χ2v) is 7.26. The molecule has 3 heterocycles. The second-order valence-electron chi connectivity index (χ2n) is 7.26. The van der Waals surface area contributed by atoms with Gasteiger partial charge in [-0.05, 0) is 31.8 Å². The van der Waals surface area contributed by atoms with Crippen LogP contribution in [0.25, 0.3) is 0 Å². The summed E-state index contributed by atoms with van der Waals surface area (Å²) in [5, 5.41) is 20.9. The monoisotopic (exact) mass is 351 g/mol. The number of aliphatic hydroxyl groups is 2. The molecule has 2 fully saturated rings. The van der Waals surface area contributed by atoms with Crippen LogP contribution in [0.15, 0.2) is 23.3 Å². The highest BCUT2D eigenvalue weighted by Gasteiger charge is 2.49. The molecule has 0 saturated carbocycles. The minimum atomic E-state index is -1.71. The van der Waals surface area contributed by atoms with E-state index in [1.807, 2.05) is 11.0 Å². The van der Waals surface area contributed by atoms with Gasteiger partial charge in [-0.3, -0.25) is 4.90 Å². The lowest BCUT2D eigenvalue weighted by atomic mass is 9.85. The molecule has 2 saturated heterocycles. The maximum atomic E-state index is 12.6. The Morgan fingerprint density at radius 2 is 2.12 bits per heavy atom. The third kappa shape index (κ3) is 3.12. The van der Waals surface area contributed by atoms with E-state index in [1.54, 1.807) is 19.9 Å². The lowest BCUT2D eigenvalue weighted by Crippen LogP contribution is -2.45. The van der Waals surface area contributed by atoms with E-state index in [4.69, 9.17) is 9.47 Å². The Morgan fingerprint density at radius 1 is 1.40 bits per heavy atom. The van der Waals surface area contributed by atoms with Crippen LogP contribution in [0.5, 0.6) is 0 Å². The molecule has 0 aromatic carbocycles. The first-order valence-electron chi connectivity index (χ1n) is 8.62. The molecular formula is C18H25NO6. The van der Waals surface area contributed by atoms with Crippen LogP contribution in [-0.4, -0.2) is 70.6 Å². The smallest absolute Gasteiger partial charge is 0.338 e. The minimum Gasteiger partial charge on any atom is -0.459 e. The first-order valence-corrected chi connectivity index (χ1v) is 8.62. The van der Waals surface area contributed by atoms with E-state index in [9.17, 15) is 19.8 Å². The van der Waals surface area contributed by atoms with Crippen molar-refractivity contribution in [2.24, 2.45) is 5.92 Å². The molecule has 0 aromatic rings. The van der Waals surface area contributed by atoms with Crippen LogP contribution in [0.4, 0.5) is 0 Å². The van der Waals surface area contributed by atoms with Crippen LogP contribution in [0.3, 0.4) is 0 Å². The highest BCUT2D eigenvalue weighted by atomic mass is 16.6. The molecule has 3 rings (SSSR count). The van der Waals surface area contributed by atoms with Crippen molar-refractivity contribution in [3.63, 3.8) is 0 Å². The van der Waals surface area contributed by atoms with Crippen molar-refractivity contribution in [2.45, 2.75) is 51.0 Å². The number of esters is 2. The van der Waals surface area contributed by atoms with Crippen molar-refractivity contribution in [3.05, 3.63) is 23.3 Å². The fourth-order valence-electron chi connectivity index (χ4n) is 3.70.